The second kappa shape index (κ2) is 13.4. The molecule has 5 aliphatic rings. The number of rotatable bonds is 6. The molecular formula is C60H46N2O. The van der Waals surface area contributed by atoms with Gasteiger partial charge in [-0.3, -0.25) is 0 Å². The Balaban J connectivity index is 0.921. The molecule has 4 fully saturated rings. The van der Waals surface area contributed by atoms with Crippen LogP contribution in [0.25, 0.3) is 71.3 Å². The zero-order valence-electron chi connectivity index (χ0n) is 35.2. The number of fused-ring (bicyclic) bond motifs is 7. The van der Waals surface area contributed by atoms with E-state index >= 15 is 0 Å². The van der Waals surface area contributed by atoms with E-state index in [2.05, 4.69) is 198 Å². The van der Waals surface area contributed by atoms with Crippen molar-refractivity contribution >= 4 is 60.4 Å². The van der Waals surface area contributed by atoms with Crippen LogP contribution in [-0.2, 0) is 5.41 Å². The molecule has 9 aromatic carbocycles. The SMILES string of the molecule is c1cc2c(c(-c3ccc(N(c4ccc(C56CC7CC(CC(C7)C5)C6)cc4)c4ccc(-c5cccc6ccccc56)c5ccccc45)cc3)c1)-n1c3ccccc3c3cccc(c31)O2. The Labute approximate surface area is 367 Å². The molecule has 1 aliphatic heterocycles. The summed E-state index contributed by atoms with van der Waals surface area (Å²) in [4.78, 5) is 2.49. The Morgan fingerprint density at radius 1 is 0.444 bits per heavy atom. The molecule has 0 unspecified atom stereocenters. The number of ether oxygens (including phenoxy) is 1. The van der Waals surface area contributed by atoms with Gasteiger partial charge >= 0.3 is 0 Å². The van der Waals surface area contributed by atoms with Gasteiger partial charge in [0.25, 0.3) is 0 Å². The van der Waals surface area contributed by atoms with Crippen molar-refractivity contribution in [2.75, 3.05) is 4.90 Å². The van der Waals surface area contributed by atoms with Crippen LogP contribution in [-0.4, -0.2) is 4.57 Å². The molecule has 1 aromatic heterocycles. The fraction of sp³-hybridized carbons (Fsp3) is 0.167. The van der Waals surface area contributed by atoms with Gasteiger partial charge in [-0.1, -0.05) is 140 Å². The van der Waals surface area contributed by atoms with Gasteiger partial charge in [-0.05, 0) is 149 Å². The summed E-state index contributed by atoms with van der Waals surface area (Å²) >= 11 is 0. The van der Waals surface area contributed by atoms with Gasteiger partial charge in [0.2, 0.25) is 0 Å². The van der Waals surface area contributed by atoms with Crippen molar-refractivity contribution < 1.29 is 4.74 Å². The normalized spacial score (nSPS) is 20.7. The lowest BCUT2D eigenvalue weighted by molar-refractivity contribution is -0.00518. The summed E-state index contributed by atoms with van der Waals surface area (Å²) in [6, 6.07) is 69.8. The summed E-state index contributed by atoms with van der Waals surface area (Å²) < 4.78 is 9.10. The van der Waals surface area contributed by atoms with Gasteiger partial charge in [-0.2, -0.15) is 0 Å². The largest absolute Gasteiger partial charge is 0.453 e. The van der Waals surface area contributed by atoms with Gasteiger partial charge in [0.05, 0.1) is 22.4 Å². The quantitative estimate of drug-likeness (QED) is 0.166. The molecule has 0 amide bonds. The molecule has 0 atom stereocenters. The van der Waals surface area contributed by atoms with E-state index in [0.717, 1.165) is 57.3 Å². The number of benzene rings is 9. The first-order valence-corrected chi connectivity index (χ1v) is 23.0. The van der Waals surface area contributed by atoms with Crippen molar-refractivity contribution in [3.05, 3.63) is 194 Å². The maximum atomic E-state index is 6.68. The summed E-state index contributed by atoms with van der Waals surface area (Å²) in [6.07, 6.45) is 8.49. The third-order valence-electron chi connectivity index (χ3n) is 15.5. The molecule has 0 radical (unpaired) electrons. The zero-order valence-corrected chi connectivity index (χ0v) is 35.2. The zero-order chi connectivity index (χ0) is 41.2. The average Bonchev–Trinajstić information content (AvgIpc) is 3.67. The Hall–Kier alpha value is -7.10. The molecule has 4 bridgehead atoms. The first-order valence-electron chi connectivity index (χ1n) is 23.0. The summed E-state index contributed by atoms with van der Waals surface area (Å²) in [5.74, 6) is 4.51. The van der Waals surface area contributed by atoms with Crippen LogP contribution in [0.5, 0.6) is 11.5 Å². The molecule has 0 spiro atoms. The van der Waals surface area contributed by atoms with Crippen molar-refractivity contribution in [1.29, 1.82) is 0 Å². The Bertz CT molecular complexity index is 3430. The molecule has 3 heteroatoms. The van der Waals surface area contributed by atoms with Gasteiger partial charge in [-0.15, -0.1) is 0 Å². The highest BCUT2D eigenvalue weighted by Crippen LogP contribution is 2.61. The lowest BCUT2D eigenvalue weighted by atomic mass is 9.48. The maximum absolute atomic E-state index is 6.68. The summed E-state index contributed by atoms with van der Waals surface area (Å²) in [5, 5.41) is 7.46. The molecule has 2 heterocycles. The predicted molar refractivity (Wildman–Crippen MR) is 261 cm³/mol. The Morgan fingerprint density at radius 3 is 1.79 bits per heavy atom. The minimum atomic E-state index is 0.349. The summed E-state index contributed by atoms with van der Waals surface area (Å²) in [5.41, 5.74) is 13.6. The molecule has 302 valence electrons. The number of hydrogen-bond acceptors (Lipinski definition) is 2. The molecule has 0 N–H and O–H groups in total. The fourth-order valence-corrected chi connectivity index (χ4v) is 13.3. The van der Waals surface area contributed by atoms with Gasteiger partial charge < -0.3 is 14.2 Å². The van der Waals surface area contributed by atoms with Gasteiger partial charge in [-0.25, -0.2) is 0 Å². The van der Waals surface area contributed by atoms with Crippen LogP contribution in [0.1, 0.15) is 44.1 Å². The molecule has 3 nitrogen and oxygen atoms in total. The van der Waals surface area contributed by atoms with Crippen molar-refractivity contribution in [3.63, 3.8) is 0 Å². The summed E-state index contributed by atoms with van der Waals surface area (Å²) in [7, 11) is 0. The number of anilines is 3. The predicted octanol–water partition coefficient (Wildman–Crippen LogP) is 16.5. The minimum absolute atomic E-state index is 0.349. The second-order valence-corrected chi connectivity index (χ2v) is 19.1. The van der Waals surface area contributed by atoms with Gasteiger partial charge in [0.15, 0.2) is 11.5 Å². The third kappa shape index (κ3) is 5.32. The third-order valence-corrected chi connectivity index (χ3v) is 15.5. The average molecular weight is 811 g/mol. The molecular weight excluding hydrogens is 765 g/mol. The molecule has 4 aliphatic carbocycles. The lowest BCUT2D eigenvalue weighted by Gasteiger charge is -2.57. The van der Waals surface area contributed by atoms with E-state index in [4.69, 9.17) is 4.74 Å². The number of nitrogens with zero attached hydrogens (tertiary/aromatic N) is 2. The van der Waals surface area contributed by atoms with Crippen molar-refractivity contribution in [2.45, 2.75) is 43.9 Å². The van der Waals surface area contributed by atoms with Crippen molar-refractivity contribution in [2.24, 2.45) is 17.8 Å². The maximum Gasteiger partial charge on any atom is 0.152 e. The van der Waals surface area contributed by atoms with Gasteiger partial charge in [0.1, 0.15) is 0 Å². The summed E-state index contributed by atoms with van der Waals surface area (Å²) in [6.45, 7) is 0. The number of aromatic nitrogens is 1. The fourth-order valence-electron chi connectivity index (χ4n) is 13.3. The van der Waals surface area contributed by atoms with E-state index in [1.54, 1.807) is 5.56 Å². The molecule has 0 saturated heterocycles. The van der Waals surface area contributed by atoms with Crippen LogP contribution in [0.15, 0.2) is 188 Å². The first-order chi connectivity index (χ1) is 31.2. The van der Waals surface area contributed by atoms with E-state index in [1.165, 1.54) is 98.9 Å². The van der Waals surface area contributed by atoms with E-state index in [1.807, 2.05) is 0 Å². The van der Waals surface area contributed by atoms with Crippen LogP contribution in [0.3, 0.4) is 0 Å². The van der Waals surface area contributed by atoms with E-state index < -0.39 is 0 Å². The van der Waals surface area contributed by atoms with Crippen molar-refractivity contribution in [3.8, 4) is 39.4 Å². The van der Waals surface area contributed by atoms with Crippen LogP contribution >= 0.6 is 0 Å². The van der Waals surface area contributed by atoms with Crippen LogP contribution in [0, 0.1) is 17.8 Å². The van der Waals surface area contributed by atoms with E-state index in [0.29, 0.717) is 5.41 Å². The Morgan fingerprint density at radius 2 is 1.02 bits per heavy atom. The monoisotopic (exact) mass is 810 g/mol. The Kier molecular flexibility index (Phi) is 7.58. The molecule has 15 rings (SSSR count). The van der Waals surface area contributed by atoms with Gasteiger partial charge in [0, 0.05) is 33.1 Å². The van der Waals surface area contributed by atoms with Crippen LogP contribution < -0.4 is 9.64 Å². The highest BCUT2D eigenvalue weighted by atomic mass is 16.5. The van der Waals surface area contributed by atoms with Crippen LogP contribution in [0.4, 0.5) is 17.1 Å². The molecule has 10 aromatic rings. The van der Waals surface area contributed by atoms with E-state index in [-0.39, 0.29) is 0 Å². The number of hydrogen-bond donors (Lipinski definition) is 0. The topological polar surface area (TPSA) is 17.4 Å². The first kappa shape index (κ1) is 35.5. The highest BCUT2D eigenvalue weighted by molar-refractivity contribution is 6.13. The molecule has 63 heavy (non-hydrogen) atoms. The second-order valence-electron chi connectivity index (χ2n) is 19.1. The van der Waals surface area contributed by atoms with Crippen molar-refractivity contribution in [1.82, 2.24) is 4.57 Å². The number of para-hydroxylation sites is 3. The minimum Gasteiger partial charge on any atom is -0.453 e. The molecule has 4 saturated carbocycles. The van der Waals surface area contributed by atoms with Crippen LogP contribution in [0.2, 0.25) is 0 Å². The highest BCUT2D eigenvalue weighted by Gasteiger charge is 2.51. The lowest BCUT2D eigenvalue weighted by Crippen LogP contribution is -2.48. The smallest absolute Gasteiger partial charge is 0.152 e. The van der Waals surface area contributed by atoms with E-state index in [9.17, 15) is 0 Å². The standard InChI is InChI=1S/C60H46N2O/c1-2-12-46-41(10-1)11-7-17-48(46)50-30-31-55(51-14-4-3-13-49(50)51)61(45-28-24-43(25-29-45)60-35-38-32-39(36-60)34-40(33-38)37-60)44-26-22-42(23-27-44)47-16-8-20-56-58(47)62-54-19-6-5-15-52(54)53-18-9-21-57(63-56)59(53)62/h1-31,38-40H,32-37H2.